The van der Waals surface area contributed by atoms with E-state index >= 15 is 0 Å². The predicted octanol–water partition coefficient (Wildman–Crippen LogP) is 2.42. The summed E-state index contributed by atoms with van der Waals surface area (Å²) in [4.78, 5) is 16.0. The first-order chi connectivity index (χ1) is 13.0. The number of hydrogen-bond acceptors (Lipinski definition) is 4. The van der Waals surface area contributed by atoms with Crippen LogP contribution in [0.25, 0.3) is 0 Å². The number of guanidine groups is 1. The molecule has 0 saturated carbocycles. The molecule has 0 fully saturated rings. The van der Waals surface area contributed by atoms with Crippen LogP contribution in [-0.2, 0) is 24.3 Å². The maximum Gasteiger partial charge on any atom is 0.226 e. The van der Waals surface area contributed by atoms with Crippen LogP contribution in [0, 0.1) is 5.92 Å². The molecule has 1 aromatic carbocycles. The molecular formula is C19H30IN7O. The molecule has 3 N–H and O–H groups in total. The van der Waals surface area contributed by atoms with Gasteiger partial charge in [0.05, 0.1) is 0 Å². The number of aliphatic imine (C=N–C) groups is 1. The van der Waals surface area contributed by atoms with Crippen molar-refractivity contribution >= 4 is 41.5 Å². The molecule has 1 aromatic heterocycles. The van der Waals surface area contributed by atoms with E-state index in [2.05, 4.69) is 38.1 Å². The highest BCUT2D eigenvalue weighted by atomic mass is 127. The molecule has 0 atom stereocenters. The Bertz CT molecular complexity index is 756. The number of carbonyl (C=O) groups is 1. The van der Waals surface area contributed by atoms with Crippen molar-refractivity contribution in [3.63, 3.8) is 0 Å². The first kappa shape index (κ1) is 23.9. The number of carbonyl (C=O) groups excluding carboxylic acids is 1. The Hall–Kier alpha value is -2.17. The van der Waals surface area contributed by atoms with Crippen LogP contribution in [0.5, 0.6) is 0 Å². The number of nitrogens with one attached hydrogen (secondary N) is 3. The van der Waals surface area contributed by atoms with Gasteiger partial charge in [-0.3, -0.25) is 9.79 Å². The third-order valence-electron chi connectivity index (χ3n) is 4.09. The maximum absolute atomic E-state index is 11.7. The number of nitrogens with zero attached hydrogens (tertiary/aromatic N) is 4. The number of benzene rings is 1. The van der Waals surface area contributed by atoms with Gasteiger partial charge < -0.3 is 20.5 Å². The van der Waals surface area contributed by atoms with Gasteiger partial charge in [-0.05, 0) is 17.7 Å². The highest BCUT2D eigenvalue weighted by Gasteiger charge is 2.07. The van der Waals surface area contributed by atoms with E-state index < -0.39 is 0 Å². The quantitative estimate of drug-likeness (QED) is 0.295. The van der Waals surface area contributed by atoms with Crippen molar-refractivity contribution in [2.24, 2.45) is 10.9 Å². The number of rotatable bonds is 8. The summed E-state index contributed by atoms with van der Waals surface area (Å²) < 4.78 is 2.03. The van der Waals surface area contributed by atoms with Crippen molar-refractivity contribution in [1.82, 2.24) is 25.4 Å². The number of aryl methyl sites for hydroxylation is 1. The standard InChI is InChI=1S/C19H29N7O.HI/c1-5-17-25-23-13-26(17)11-10-21-19(20-4)22-12-15-6-8-16(9-7-15)24-18(27)14(2)3;/h6-9,13-14H,5,10-12H2,1-4H3,(H,24,27)(H2,20,21,22);1H. The first-order valence-electron chi connectivity index (χ1n) is 9.24. The monoisotopic (exact) mass is 499 g/mol. The van der Waals surface area contributed by atoms with Crippen molar-refractivity contribution in [1.29, 1.82) is 0 Å². The smallest absolute Gasteiger partial charge is 0.226 e. The van der Waals surface area contributed by atoms with Gasteiger partial charge in [0, 0.05) is 44.7 Å². The summed E-state index contributed by atoms with van der Waals surface area (Å²) in [6.45, 7) is 7.96. The van der Waals surface area contributed by atoms with Crippen LogP contribution < -0.4 is 16.0 Å². The van der Waals surface area contributed by atoms with E-state index in [1.807, 2.05) is 42.7 Å². The topological polar surface area (TPSA) is 96.2 Å². The molecule has 0 unspecified atom stereocenters. The van der Waals surface area contributed by atoms with Crippen molar-refractivity contribution in [3.05, 3.63) is 42.0 Å². The summed E-state index contributed by atoms with van der Waals surface area (Å²) in [5, 5.41) is 17.5. The van der Waals surface area contributed by atoms with Crippen LogP contribution in [0.4, 0.5) is 5.69 Å². The van der Waals surface area contributed by atoms with Crippen molar-refractivity contribution < 1.29 is 4.79 Å². The molecule has 0 spiro atoms. The first-order valence-corrected chi connectivity index (χ1v) is 9.24. The minimum Gasteiger partial charge on any atom is -0.355 e. The number of anilines is 1. The largest absolute Gasteiger partial charge is 0.355 e. The molecule has 0 bridgehead atoms. The van der Waals surface area contributed by atoms with Crippen LogP contribution in [0.2, 0.25) is 0 Å². The normalized spacial score (nSPS) is 11.1. The summed E-state index contributed by atoms with van der Waals surface area (Å²) in [5.41, 5.74) is 1.91. The zero-order valence-electron chi connectivity index (χ0n) is 16.9. The summed E-state index contributed by atoms with van der Waals surface area (Å²) in [7, 11) is 1.75. The number of halogens is 1. The van der Waals surface area contributed by atoms with Crippen LogP contribution >= 0.6 is 24.0 Å². The van der Waals surface area contributed by atoms with E-state index in [1.165, 1.54) is 0 Å². The molecule has 8 nitrogen and oxygen atoms in total. The van der Waals surface area contributed by atoms with E-state index in [1.54, 1.807) is 13.4 Å². The summed E-state index contributed by atoms with van der Waals surface area (Å²) in [6.07, 6.45) is 2.61. The van der Waals surface area contributed by atoms with Gasteiger partial charge in [0.1, 0.15) is 12.2 Å². The molecule has 1 amide bonds. The van der Waals surface area contributed by atoms with Gasteiger partial charge in [0.25, 0.3) is 0 Å². The van der Waals surface area contributed by atoms with Crippen LogP contribution in [-0.4, -0.2) is 40.2 Å². The van der Waals surface area contributed by atoms with Gasteiger partial charge in [-0.2, -0.15) is 0 Å². The molecule has 9 heteroatoms. The second kappa shape index (κ2) is 12.3. The molecule has 154 valence electrons. The lowest BCUT2D eigenvalue weighted by molar-refractivity contribution is -0.118. The van der Waals surface area contributed by atoms with Gasteiger partial charge >= 0.3 is 0 Å². The summed E-state index contributed by atoms with van der Waals surface area (Å²) in [6, 6.07) is 7.79. The zero-order chi connectivity index (χ0) is 19.6. The number of hydrogen-bond donors (Lipinski definition) is 3. The fourth-order valence-corrected chi connectivity index (χ4v) is 2.43. The molecule has 28 heavy (non-hydrogen) atoms. The molecule has 0 radical (unpaired) electrons. The molecule has 0 aliphatic heterocycles. The summed E-state index contributed by atoms with van der Waals surface area (Å²) in [5.74, 6) is 1.69. The Morgan fingerprint density at radius 1 is 1.21 bits per heavy atom. The van der Waals surface area contributed by atoms with Crippen LogP contribution in [0.3, 0.4) is 0 Å². The van der Waals surface area contributed by atoms with E-state index in [9.17, 15) is 4.79 Å². The van der Waals surface area contributed by atoms with Crippen LogP contribution in [0.1, 0.15) is 32.2 Å². The van der Waals surface area contributed by atoms with Gasteiger partial charge in [0.15, 0.2) is 5.96 Å². The lowest BCUT2D eigenvalue weighted by atomic mass is 10.1. The van der Waals surface area contributed by atoms with E-state index in [-0.39, 0.29) is 35.8 Å². The number of aromatic nitrogens is 3. The van der Waals surface area contributed by atoms with E-state index in [0.29, 0.717) is 6.54 Å². The van der Waals surface area contributed by atoms with E-state index in [4.69, 9.17) is 0 Å². The van der Waals surface area contributed by atoms with Gasteiger partial charge in [-0.1, -0.05) is 32.9 Å². The second-order valence-electron chi connectivity index (χ2n) is 6.49. The average Bonchev–Trinajstić information content (AvgIpc) is 3.13. The minimum absolute atomic E-state index is 0. The zero-order valence-corrected chi connectivity index (χ0v) is 19.2. The summed E-state index contributed by atoms with van der Waals surface area (Å²) >= 11 is 0. The van der Waals surface area contributed by atoms with E-state index in [0.717, 1.165) is 42.5 Å². The Labute approximate surface area is 183 Å². The average molecular weight is 499 g/mol. The molecule has 2 aromatic rings. The predicted molar refractivity (Wildman–Crippen MR) is 123 cm³/mol. The van der Waals surface area contributed by atoms with Crippen LogP contribution in [0.15, 0.2) is 35.6 Å². The Balaban J connectivity index is 0.00000392. The van der Waals surface area contributed by atoms with Gasteiger partial charge in [-0.25, -0.2) is 0 Å². The van der Waals surface area contributed by atoms with Gasteiger partial charge in [0.2, 0.25) is 5.91 Å². The fourth-order valence-electron chi connectivity index (χ4n) is 2.43. The minimum atomic E-state index is -0.0350. The molecular weight excluding hydrogens is 469 g/mol. The molecule has 1 heterocycles. The second-order valence-corrected chi connectivity index (χ2v) is 6.49. The van der Waals surface area contributed by atoms with Gasteiger partial charge in [-0.15, -0.1) is 34.2 Å². The van der Waals surface area contributed by atoms with Crippen molar-refractivity contribution in [3.8, 4) is 0 Å². The molecule has 2 rings (SSSR count). The lowest BCUT2D eigenvalue weighted by Crippen LogP contribution is -2.38. The Morgan fingerprint density at radius 3 is 2.54 bits per heavy atom. The fraction of sp³-hybridized carbons (Fsp3) is 0.474. The molecule has 0 saturated heterocycles. The molecule has 0 aliphatic rings. The number of amides is 1. The van der Waals surface area contributed by atoms with Crippen molar-refractivity contribution in [2.75, 3.05) is 18.9 Å². The third kappa shape index (κ3) is 7.45. The highest BCUT2D eigenvalue weighted by molar-refractivity contribution is 14.0. The molecule has 0 aliphatic carbocycles. The Kier molecular flexibility index (Phi) is 10.5. The maximum atomic E-state index is 11.7. The SMILES string of the molecule is CCc1nncn1CCNC(=NC)NCc1ccc(NC(=O)C(C)C)cc1.I. The lowest BCUT2D eigenvalue weighted by Gasteiger charge is -2.13. The Morgan fingerprint density at radius 2 is 1.93 bits per heavy atom. The third-order valence-corrected chi connectivity index (χ3v) is 4.09. The highest BCUT2D eigenvalue weighted by Crippen LogP contribution is 2.10. The van der Waals surface area contributed by atoms with Crippen molar-refractivity contribution in [2.45, 2.75) is 40.3 Å².